The summed E-state index contributed by atoms with van der Waals surface area (Å²) in [6, 6.07) is 9.02. The minimum atomic E-state index is -0.347. The van der Waals surface area contributed by atoms with E-state index >= 15 is 0 Å². The third-order valence-corrected chi connectivity index (χ3v) is 2.69. The summed E-state index contributed by atoms with van der Waals surface area (Å²) >= 11 is 0. The molecule has 0 spiro atoms. The molecular formula is C12H13NO2. The van der Waals surface area contributed by atoms with Crippen molar-refractivity contribution in [3.05, 3.63) is 29.8 Å². The Morgan fingerprint density at radius 1 is 1.27 bits per heavy atom. The molecule has 15 heavy (non-hydrogen) atoms. The summed E-state index contributed by atoms with van der Waals surface area (Å²) in [6.07, 6.45) is 2.31. The van der Waals surface area contributed by atoms with Gasteiger partial charge in [-0.25, -0.2) is 0 Å². The maximum absolute atomic E-state index is 9.57. The predicted molar refractivity (Wildman–Crippen MR) is 55.4 cm³/mol. The van der Waals surface area contributed by atoms with E-state index in [-0.39, 0.29) is 12.2 Å². The van der Waals surface area contributed by atoms with E-state index in [9.17, 15) is 5.11 Å². The van der Waals surface area contributed by atoms with Crippen LogP contribution in [-0.4, -0.2) is 17.3 Å². The highest BCUT2D eigenvalue weighted by Crippen LogP contribution is 2.24. The first kappa shape index (κ1) is 10.0. The van der Waals surface area contributed by atoms with E-state index in [1.807, 2.05) is 0 Å². The summed E-state index contributed by atoms with van der Waals surface area (Å²) in [4.78, 5) is 0. The number of ether oxygens (including phenoxy) is 1. The Kier molecular flexibility index (Phi) is 2.89. The van der Waals surface area contributed by atoms with Crippen LogP contribution in [0.3, 0.4) is 0 Å². The highest BCUT2D eigenvalue weighted by atomic mass is 16.5. The average Bonchev–Trinajstić information content (AvgIpc) is 2.66. The Balaban J connectivity index is 2.02. The van der Waals surface area contributed by atoms with Gasteiger partial charge < -0.3 is 9.84 Å². The largest absolute Gasteiger partial charge is 0.488 e. The van der Waals surface area contributed by atoms with Crippen LogP contribution in [-0.2, 0) is 0 Å². The molecule has 1 N–H and O–H groups in total. The first-order valence-electron chi connectivity index (χ1n) is 5.14. The van der Waals surface area contributed by atoms with Crippen molar-refractivity contribution >= 4 is 0 Å². The van der Waals surface area contributed by atoms with Crippen molar-refractivity contribution in [1.29, 1.82) is 5.26 Å². The summed E-state index contributed by atoms with van der Waals surface area (Å²) in [5, 5.41) is 18.2. The quantitative estimate of drug-likeness (QED) is 0.798. The van der Waals surface area contributed by atoms with Gasteiger partial charge in [0.25, 0.3) is 0 Å². The molecule has 3 nitrogen and oxygen atoms in total. The number of rotatable bonds is 2. The van der Waals surface area contributed by atoms with E-state index in [4.69, 9.17) is 10.00 Å². The summed E-state index contributed by atoms with van der Waals surface area (Å²) in [5.41, 5.74) is 0.620. The SMILES string of the molecule is N#Cc1ccc(O[C@H]2CCC[C@@H]2O)cc1. The molecule has 1 aliphatic carbocycles. The molecule has 0 unspecified atom stereocenters. The van der Waals surface area contributed by atoms with Gasteiger partial charge in [0.2, 0.25) is 0 Å². The summed E-state index contributed by atoms with van der Waals surface area (Å²) in [5.74, 6) is 0.722. The van der Waals surface area contributed by atoms with Gasteiger partial charge in [0, 0.05) is 0 Å². The van der Waals surface area contributed by atoms with E-state index in [1.54, 1.807) is 24.3 Å². The highest BCUT2D eigenvalue weighted by Gasteiger charge is 2.26. The fraction of sp³-hybridized carbons (Fsp3) is 0.417. The number of aliphatic hydroxyl groups excluding tert-OH is 1. The van der Waals surface area contributed by atoms with Crippen LogP contribution in [0, 0.1) is 11.3 Å². The molecule has 0 heterocycles. The van der Waals surface area contributed by atoms with Gasteiger partial charge in [-0.3, -0.25) is 0 Å². The van der Waals surface area contributed by atoms with Gasteiger partial charge in [0.15, 0.2) is 0 Å². The first-order chi connectivity index (χ1) is 7.29. The van der Waals surface area contributed by atoms with Gasteiger partial charge >= 0.3 is 0 Å². The maximum Gasteiger partial charge on any atom is 0.124 e. The van der Waals surface area contributed by atoms with Crippen LogP contribution in [0.5, 0.6) is 5.75 Å². The number of nitriles is 1. The number of benzene rings is 1. The van der Waals surface area contributed by atoms with Gasteiger partial charge in [0.05, 0.1) is 17.7 Å². The highest BCUT2D eigenvalue weighted by molar-refractivity contribution is 5.34. The molecule has 1 fully saturated rings. The smallest absolute Gasteiger partial charge is 0.124 e. The maximum atomic E-state index is 9.57. The molecule has 3 heteroatoms. The lowest BCUT2D eigenvalue weighted by molar-refractivity contribution is 0.0604. The number of aliphatic hydroxyl groups is 1. The Morgan fingerprint density at radius 3 is 2.53 bits per heavy atom. The number of nitrogens with zero attached hydrogens (tertiary/aromatic N) is 1. The van der Waals surface area contributed by atoms with Crippen LogP contribution in [0.25, 0.3) is 0 Å². The summed E-state index contributed by atoms with van der Waals surface area (Å²) in [7, 11) is 0. The van der Waals surface area contributed by atoms with Gasteiger partial charge in [-0.2, -0.15) is 5.26 Å². The predicted octanol–water partition coefficient (Wildman–Crippen LogP) is 1.85. The Hall–Kier alpha value is -1.53. The molecule has 1 aromatic carbocycles. The fourth-order valence-electron chi connectivity index (χ4n) is 1.83. The zero-order chi connectivity index (χ0) is 10.7. The molecule has 1 aromatic rings. The van der Waals surface area contributed by atoms with Crippen molar-refractivity contribution in [3.8, 4) is 11.8 Å². The first-order valence-corrected chi connectivity index (χ1v) is 5.14. The molecule has 0 bridgehead atoms. The van der Waals surface area contributed by atoms with E-state index in [0.717, 1.165) is 25.0 Å². The zero-order valence-electron chi connectivity index (χ0n) is 8.39. The van der Waals surface area contributed by atoms with Crippen molar-refractivity contribution in [1.82, 2.24) is 0 Å². The molecule has 78 valence electrons. The molecule has 0 aromatic heterocycles. The molecule has 0 saturated heterocycles. The molecule has 0 radical (unpaired) electrons. The van der Waals surface area contributed by atoms with Crippen molar-refractivity contribution in [2.24, 2.45) is 0 Å². The third kappa shape index (κ3) is 2.28. The van der Waals surface area contributed by atoms with Crippen LogP contribution >= 0.6 is 0 Å². The van der Waals surface area contributed by atoms with Crippen LogP contribution in [0.2, 0.25) is 0 Å². The minimum Gasteiger partial charge on any atom is -0.488 e. The van der Waals surface area contributed by atoms with Gasteiger partial charge in [-0.15, -0.1) is 0 Å². The Labute approximate surface area is 88.9 Å². The van der Waals surface area contributed by atoms with Crippen molar-refractivity contribution in [3.63, 3.8) is 0 Å². The van der Waals surface area contributed by atoms with E-state index in [2.05, 4.69) is 6.07 Å². The minimum absolute atomic E-state index is 0.0852. The lowest BCUT2D eigenvalue weighted by Crippen LogP contribution is -2.25. The standard InChI is InChI=1S/C12H13NO2/c13-8-9-4-6-10(7-5-9)15-12-3-1-2-11(12)14/h4-7,11-12,14H,1-3H2/t11-,12-/m0/s1. The molecule has 1 aliphatic rings. The molecule has 0 aliphatic heterocycles. The zero-order valence-corrected chi connectivity index (χ0v) is 8.39. The van der Waals surface area contributed by atoms with Gasteiger partial charge in [-0.05, 0) is 43.5 Å². The molecule has 2 atom stereocenters. The Morgan fingerprint density at radius 2 is 2.00 bits per heavy atom. The summed E-state index contributed by atoms with van der Waals surface area (Å²) in [6.45, 7) is 0. The molecule has 0 amide bonds. The third-order valence-electron chi connectivity index (χ3n) is 2.69. The lowest BCUT2D eigenvalue weighted by Gasteiger charge is -2.16. The fourth-order valence-corrected chi connectivity index (χ4v) is 1.83. The van der Waals surface area contributed by atoms with Gasteiger partial charge in [-0.1, -0.05) is 0 Å². The summed E-state index contributed by atoms with van der Waals surface area (Å²) < 4.78 is 5.63. The van der Waals surface area contributed by atoms with Crippen molar-refractivity contribution < 1.29 is 9.84 Å². The van der Waals surface area contributed by atoms with Crippen LogP contribution in [0.15, 0.2) is 24.3 Å². The van der Waals surface area contributed by atoms with Crippen molar-refractivity contribution in [2.45, 2.75) is 31.5 Å². The van der Waals surface area contributed by atoms with Crippen LogP contribution in [0.4, 0.5) is 0 Å². The van der Waals surface area contributed by atoms with Gasteiger partial charge in [0.1, 0.15) is 11.9 Å². The van der Waals surface area contributed by atoms with E-state index in [0.29, 0.717) is 5.56 Å². The van der Waals surface area contributed by atoms with Crippen LogP contribution < -0.4 is 4.74 Å². The van der Waals surface area contributed by atoms with Crippen LogP contribution in [0.1, 0.15) is 24.8 Å². The monoisotopic (exact) mass is 203 g/mol. The average molecular weight is 203 g/mol. The second-order valence-corrected chi connectivity index (χ2v) is 3.79. The number of hydrogen-bond acceptors (Lipinski definition) is 3. The second kappa shape index (κ2) is 4.33. The number of hydrogen-bond donors (Lipinski definition) is 1. The molecule has 2 rings (SSSR count). The second-order valence-electron chi connectivity index (χ2n) is 3.79. The normalized spacial score (nSPS) is 24.8. The van der Waals surface area contributed by atoms with Crippen molar-refractivity contribution in [2.75, 3.05) is 0 Å². The molecular weight excluding hydrogens is 190 g/mol. The van der Waals surface area contributed by atoms with E-state index in [1.165, 1.54) is 0 Å². The molecule has 1 saturated carbocycles. The van der Waals surface area contributed by atoms with E-state index < -0.39 is 0 Å². The Bertz CT molecular complexity index is 366. The lowest BCUT2D eigenvalue weighted by atomic mass is 10.2. The topological polar surface area (TPSA) is 53.2 Å².